The van der Waals surface area contributed by atoms with E-state index in [9.17, 15) is 24.3 Å². The molecule has 1 saturated heterocycles. The van der Waals surface area contributed by atoms with Crippen LogP contribution in [-0.2, 0) is 19.2 Å². The summed E-state index contributed by atoms with van der Waals surface area (Å²) in [6.45, 7) is 1.02. The summed E-state index contributed by atoms with van der Waals surface area (Å²) in [4.78, 5) is 55.9. The molecule has 1 aliphatic rings. The van der Waals surface area contributed by atoms with Crippen molar-refractivity contribution in [2.45, 2.75) is 75.5 Å². The first-order valence-corrected chi connectivity index (χ1v) is 13.7. The Kier molecular flexibility index (Phi) is 14.8. The number of hydrogen-bond donors (Lipinski definition) is 7. The van der Waals surface area contributed by atoms with Crippen molar-refractivity contribution < 1.29 is 24.3 Å². The average Bonchev–Trinajstić information content (AvgIpc) is 3.33. The molecule has 0 radical (unpaired) electrons. The fourth-order valence-corrected chi connectivity index (χ4v) is 4.43. The second-order valence-electron chi connectivity index (χ2n) is 8.77. The van der Waals surface area contributed by atoms with Crippen molar-refractivity contribution in [1.29, 1.82) is 0 Å². The van der Waals surface area contributed by atoms with Crippen molar-refractivity contribution in [1.82, 2.24) is 15.5 Å². The first-order valence-electron chi connectivity index (χ1n) is 12.3. The van der Waals surface area contributed by atoms with Crippen LogP contribution in [-0.4, -0.2) is 95.5 Å². The van der Waals surface area contributed by atoms with Crippen molar-refractivity contribution in [3.05, 3.63) is 0 Å². The van der Waals surface area contributed by atoms with E-state index in [0.717, 1.165) is 0 Å². The highest BCUT2D eigenvalue weighted by Crippen LogP contribution is 2.20. The van der Waals surface area contributed by atoms with Gasteiger partial charge in [0.1, 0.15) is 18.1 Å². The molecule has 0 aromatic carbocycles. The lowest BCUT2D eigenvalue weighted by Crippen LogP contribution is -2.56. The Morgan fingerprint density at radius 2 is 1.78 bits per heavy atom. The minimum Gasteiger partial charge on any atom is -0.480 e. The number of hydrogen-bond acceptors (Lipinski definition) is 8. The van der Waals surface area contributed by atoms with Gasteiger partial charge in [-0.05, 0) is 69.9 Å². The van der Waals surface area contributed by atoms with Gasteiger partial charge in [-0.25, -0.2) is 4.79 Å². The van der Waals surface area contributed by atoms with Crippen molar-refractivity contribution in [2.24, 2.45) is 27.9 Å². The third-order valence-corrected chi connectivity index (χ3v) is 6.57. The molecule has 1 fully saturated rings. The number of unbranched alkanes of at least 4 members (excludes halogenated alkanes) is 1. The third kappa shape index (κ3) is 11.0. The Labute approximate surface area is 216 Å². The number of carbonyl (C=O) groups excluding carboxylic acids is 3. The van der Waals surface area contributed by atoms with E-state index in [1.807, 2.05) is 6.26 Å². The average molecular weight is 531 g/mol. The van der Waals surface area contributed by atoms with E-state index in [0.29, 0.717) is 63.8 Å². The zero-order valence-electron chi connectivity index (χ0n) is 21.0. The standard InChI is InChI=1S/C22H42N8O5S/c1-36-13-9-14(24)18(31)28-15(6-2-3-10-23)20(33)30-12-5-8-17(30)19(32)29-16(21(34)35)7-4-11-27-22(25)26/h14-17H,2-13,23-24H2,1H3,(H,28,31)(H,29,32)(H,34,35)(H4,25,26,27). The molecule has 1 heterocycles. The minimum absolute atomic E-state index is 0.0932. The topological polar surface area (TPSA) is 232 Å². The molecule has 1 rings (SSSR count). The molecular weight excluding hydrogens is 488 g/mol. The minimum atomic E-state index is -1.19. The number of thioether (sulfide) groups is 1. The summed E-state index contributed by atoms with van der Waals surface area (Å²) in [5, 5.41) is 14.8. The molecule has 0 aromatic rings. The van der Waals surface area contributed by atoms with E-state index in [4.69, 9.17) is 22.9 Å². The van der Waals surface area contributed by atoms with Gasteiger partial charge < -0.3 is 43.6 Å². The van der Waals surface area contributed by atoms with E-state index in [2.05, 4.69) is 15.6 Å². The van der Waals surface area contributed by atoms with Crippen LogP contribution < -0.4 is 33.6 Å². The van der Waals surface area contributed by atoms with Crippen LogP contribution >= 0.6 is 11.8 Å². The Balaban J connectivity index is 2.87. The predicted octanol–water partition coefficient (Wildman–Crippen LogP) is -1.71. The van der Waals surface area contributed by atoms with Crippen LogP contribution in [0.25, 0.3) is 0 Å². The van der Waals surface area contributed by atoms with Gasteiger partial charge in [0.2, 0.25) is 17.7 Å². The number of amides is 3. The van der Waals surface area contributed by atoms with E-state index < -0.39 is 42.0 Å². The van der Waals surface area contributed by atoms with Gasteiger partial charge in [-0.1, -0.05) is 0 Å². The van der Waals surface area contributed by atoms with Crippen molar-refractivity contribution in [3.8, 4) is 0 Å². The number of carboxylic acid groups (broad SMARTS) is 1. The van der Waals surface area contributed by atoms with Crippen LogP contribution in [0.15, 0.2) is 4.99 Å². The molecule has 36 heavy (non-hydrogen) atoms. The predicted molar refractivity (Wildman–Crippen MR) is 140 cm³/mol. The second-order valence-corrected chi connectivity index (χ2v) is 9.76. The number of guanidine groups is 1. The van der Waals surface area contributed by atoms with Gasteiger partial charge in [-0.3, -0.25) is 19.4 Å². The third-order valence-electron chi connectivity index (χ3n) is 5.93. The Morgan fingerprint density at radius 3 is 2.39 bits per heavy atom. The Bertz CT molecular complexity index is 765. The van der Waals surface area contributed by atoms with Crippen LogP contribution in [0, 0.1) is 0 Å². The number of rotatable bonds is 17. The van der Waals surface area contributed by atoms with Crippen LogP contribution in [0.2, 0.25) is 0 Å². The van der Waals surface area contributed by atoms with E-state index in [1.165, 1.54) is 4.90 Å². The lowest BCUT2D eigenvalue weighted by atomic mass is 10.1. The lowest BCUT2D eigenvalue weighted by Gasteiger charge is -2.30. The molecule has 11 N–H and O–H groups in total. The molecule has 14 heteroatoms. The number of likely N-dealkylation sites (tertiary alicyclic amines) is 1. The fraction of sp³-hybridized carbons (Fsp3) is 0.773. The first kappa shape index (κ1) is 31.4. The van der Waals surface area contributed by atoms with Gasteiger partial charge >= 0.3 is 5.97 Å². The molecule has 4 atom stereocenters. The summed E-state index contributed by atoms with van der Waals surface area (Å²) < 4.78 is 0. The molecule has 3 amide bonds. The molecular formula is C22H42N8O5S. The summed E-state index contributed by atoms with van der Waals surface area (Å²) >= 11 is 1.57. The monoisotopic (exact) mass is 530 g/mol. The number of carbonyl (C=O) groups is 4. The quantitative estimate of drug-likeness (QED) is 0.0639. The molecule has 0 spiro atoms. The van der Waals surface area contributed by atoms with Crippen LogP contribution in [0.5, 0.6) is 0 Å². The first-order chi connectivity index (χ1) is 17.1. The summed E-state index contributed by atoms with van der Waals surface area (Å²) in [5.41, 5.74) is 22.1. The van der Waals surface area contributed by atoms with Crippen molar-refractivity contribution >= 4 is 41.4 Å². The maximum Gasteiger partial charge on any atom is 0.326 e. The van der Waals surface area contributed by atoms with Crippen LogP contribution in [0.4, 0.5) is 0 Å². The molecule has 0 saturated carbocycles. The van der Waals surface area contributed by atoms with Gasteiger partial charge in [0.15, 0.2) is 5.96 Å². The van der Waals surface area contributed by atoms with Gasteiger partial charge in [0.05, 0.1) is 6.04 Å². The zero-order valence-corrected chi connectivity index (χ0v) is 21.8. The van der Waals surface area contributed by atoms with Crippen molar-refractivity contribution in [3.63, 3.8) is 0 Å². The SMILES string of the molecule is CSCCC(N)C(=O)NC(CCCCN)C(=O)N1CCCC1C(=O)NC(CCCN=C(N)N)C(=O)O. The smallest absolute Gasteiger partial charge is 0.326 e. The van der Waals surface area contributed by atoms with Crippen molar-refractivity contribution in [2.75, 3.05) is 31.6 Å². The molecule has 13 nitrogen and oxygen atoms in total. The Hall–Kier alpha value is -2.58. The number of nitrogens with zero attached hydrogens (tertiary/aromatic N) is 2. The second kappa shape index (κ2) is 17.0. The maximum atomic E-state index is 13.4. The number of carboxylic acids is 1. The lowest BCUT2D eigenvalue weighted by molar-refractivity contribution is -0.145. The number of aliphatic imine (C=N–C) groups is 1. The zero-order chi connectivity index (χ0) is 27.1. The molecule has 206 valence electrons. The number of nitrogens with one attached hydrogen (secondary N) is 2. The Morgan fingerprint density at radius 1 is 1.08 bits per heavy atom. The van der Waals surface area contributed by atoms with Gasteiger partial charge in [0.25, 0.3) is 0 Å². The molecule has 1 aliphatic heterocycles. The van der Waals surface area contributed by atoms with Gasteiger partial charge in [-0.15, -0.1) is 0 Å². The van der Waals surface area contributed by atoms with Gasteiger partial charge in [-0.2, -0.15) is 11.8 Å². The van der Waals surface area contributed by atoms with Gasteiger partial charge in [0, 0.05) is 13.1 Å². The normalized spacial score (nSPS) is 17.6. The summed E-state index contributed by atoms with van der Waals surface area (Å²) in [6, 6.07) is -3.54. The maximum absolute atomic E-state index is 13.4. The van der Waals surface area contributed by atoms with E-state index in [-0.39, 0.29) is 24.8 Å². The van der Waals surface area contributed by atoms with E-state index >= 15 is 0 Å². The van der Waals surface area contributed by atoms with Crippen LogP contribution in [0.3, 0.4) is 0 Å². The number of nitrogens with two attached hydrogens (primary N) is 4. The molecule has 0 bridgehead atoms. The van der Waals surface area contributed by atoms with E-state index in [1.54, 1.807) is 11.8 Å². The highest BCUT2D eigenvalue weighted by Gasteiger charge is 2.38. The highest BCUT2D eigenvalue weighted by atomic mass is 32.2. The highest BCUT2D eigenvalue weighted by molar-refractivity contribution is 7.98. The largest absolute Gasteiger partial charge is 0.480 e. The number of aliphatic carboxylic acids is 1. The summed E-state index contributed by atoms with van der Waals surface area (Å²) in [5.74, 6) is -1.90. The summed E-state index contributed by atoms with van der Waals surface area (Å²) in [6.07, 6.45) is 5.53. The molecule has 0 aromatic heterocycles. The fourth-order valence-electron chi connectivity index (χ4n) is 3.94. The summed E-state index contributed by atoms with van der Waals surface area (Å²) in [7, 11) is 0. The molecule has 4 unspecified atom stereocenters. The molecule has 0 aliphatic carbocycles. The van der Waals surface area contributed by atoms with Crippen LogP contribution in [0.1, 0.15) is 51.4 Å².